The van der Waals surface area contributed by atoms with Crippen molar-refractivity contribution in [1.29, 1.82) is 0 Å². The van der Waals surface area contributed by atoms with Crippen molar-refractivity contribution < 1.29 is 33.9 Å². The van der Waals surface area contributed by atoms with Crippen molar-refractivity contribution in [3.8, 4) is 0 Å². The van der Waals surface area contributed by atoms with Gasteiger partial charge in [0.1, 0.15) is 18.2 Å². The van der Waals surface area contributed by atoms with E-state index in [0.29, 0.717) is 32.2 Å². The van der Waals surface area contributed by atoms with E-state index >= 15 is 0 Å². The number of nitrogens with zero attached hydrogens (tertiary/aromatic N) is 1. The summed E-state index contributed by atoms with van der Waals surface area (Å²) in [5.74, 6) is -1.66. The average molecular weight is 909 g/mol. The number of amides is 4. The second kappa shape index (κ2) is 26.8. The fourth-order valence-electron chi connectivity index (χ4n) is 9.03. The normalized spacial score (nSPS) is 18.0. The van der Waals surface area contributed by atoms with Gasteiger partial charge in [-0.05, 0) is 81.0 Å². The largest absolute Gasteiger partial charge is 0.382 e. The molecule has 360 valence electrons. The molecule has 4 amide bonds. The first-order valence-electron chi connectivity index (χ1n) is 24.1. The molecule has 1 saturated carbocycles. The highest BCUT2D eigenvalue weighted by atomic mass is 16.3. The van der Waals surface area contributed by atoms with E-state index in [-0.39, 0.29) is 59.4 Å². The van der Waals surface area contributed by atoms with Crippen molar-refractivity contribution in [3.63, 3.8) is 0 Å². The lowest BCUT2D eigenvalue weighted by Gasteiger charge is -2.36. The van der Waals surface area contributed by atoms with Gasteiger partial charge < -0.3 is 37.0 Å². The van der Waals surface area contributed by atoms with Gasteiger partial charge >= 0.3 is 0 Å². The van der Waals surface area contributed by atoms with Crippen molar-refractivity contribution in [1.82, 2.24) is 26.2 Å². The van der Waals surface area contributed by atoms with Crippen LogP contribution in [0.2, 0.25) is 0 Å². The lowest BCUT2D eigenvalue weighted by molar-refractivity contribution is -0.143. The molecule has 3 aromatic carbocycles. The number of likely N-dealkylation sites (tertiary alicyclic amines) is 1. The standard InChI is InChI=1S/C34H46N4O4.C19H30N2O3/c1-4-28(39)31(29(24-15-8-5-9-16-24)25-17-10-6-11-18-25)37-33(41)27-21-14-22-38(27)34(42)30(26-19-12-7-13-20-26)36-32(40)23(2)35-3;1-12(2)10-16(17(22)13(3)4)21-19(24)18(23)15(20)11-14-8-6-5-7-9-14/h5-6,8-11,15-18,23,26-27,29-31,35H,4,7,12-14,19-22H2,1-3H3,(H,36,40)(H,37,41);5-9,12-13,15-16,18,23H,10-11,20H2,1-4H3,(H,21,24). The summed E-state index contributed by atoms with van der Waals surface area (Å²) in [6.45, 7) is 11.6. The molecule has 7 unspecified atom stereocenters. The zero-order valence-corrected chi connectivity index (χ0v) is 40.2. The molecule has 0 bridgehead atoms. The van der Waals surface area contributed by atoms with E-state index in [1.54, 1.807) is 32.7 Å². The highest BCUT2D eigenvalue weighted by Gasteiger charge is 2.43. The number of carbonyl (C=O) groups excluding carboxylic acids is 6. The lowest BCUT2D eigenvalue weighted by atomic mass is 9.82. The van der Waals surface area contributed by atoms with Gasteiger partial charge in [0.25, 0.3) is 5.91 Å². The van der Waals surface area contributed by atoms with Crippen LogP contribution in [0.25, 0.3) is 0 Å². The van der Waals surface area contributed by atoms with Crippen molar-refractivity contribution in [2.24, 2.45) is 23.5 Å². The molecule has 3 aromatic rings. The number of benzene rings is 3. The SMILES string of the molecule is CC(C)CC(NC(=O)C(O)C(N)Cc1ccccc1)C(=O)C(C)C.CCC(=O)C(NC(=O)C1CCCN1C(=O)C(NC(=O)C(C)NC)C1CCCCC1)C(c1ccccc1)c1ccccc1. The first-order valence-corrected chi connectivity index (χ1v) is 24.1. The van der Waals surface area contributed by atoms with Gasteiger partial charge in [0.15, 0.2) is 11.6 Å². The molecule has 13 nitrogen and oxygen atoms in total. The predicted octanol–water partition coefficient (Wildman–Crippen LogP) is 5.62. The van der Waals surface area contributed by atoms with Gasteiger partial charge in [-0.3, -0.25) is 28.8 Å². The summed E-state index contributed by atoms with van der Waals surface area (Å²) in [4.78, 5) is 80.6. The Labute approximate surface area is 392 Å². The molecular weight excluding hydrogens is 833 g/mol. The van der Waals surface area contributed by atoms with Crippen LogP contribution in [0.3, 0.4) is 0 Å². The Hall–Kier alpha value is -5.24. The number of nitrogens with one attached hydrogen (secondary N) is 4. The molecule has 1 aliphatic carbocycles. The number of ketones is 2. The Morgan fingerprint density at radius 2 is 1.29 bits per heavy atom. The number of nitrogens with two attached hydrogens (primary N) is 1. The minimum atomic E-state index is -1.35. The Balaban J connectivity index is 0.000000338. The van der Waals surface area contributed by atoms with Gasteiger partial charge in [-0.15, -0.1) is 0 Å². The topological polar surface area (TPSA) is 200 Å². The highest BCUT2D eigenvalue weighted by Crippen LogP contribution is 2.32. The number of rotatable bonds is 21. The maximum Gasteiger partial charge on any atom is 0.251 e. The van der Waals surface area contributed by atoms with E-state index in [1.165, 1.54) is 0 Å². The zero-order chi connectivity index (χ0) is 48.3. The van der Waals surface area contributed by atoms with Crippen molar-refractivity contribution in [2.45, 2.75) is 154 Å². The van der Waals surface area contributed by atoms with E-state index in [2.05, 4.69) is 21.3 Å². The maximum absolute atomic E-state index is 14.1. The average Bonchev–Trinajstić information content (AvgIpc) is 3.83. The summed E-state index contributed by atoms with van der Waals surface area (Å²) in [6, 6.07) is 25.1. The van der Waals surface area contributed by atoms with E-state index in [1.807, 2.05) is 112 Å². The summed E-state index contributed by atoms with van der Waals surface area (Å²) < 4.78 is 0. The van der Waals surface area contributed by atoms with E-state index in [0.717, 1.165) is 48.8 Å². The van der Waals surface area contributed by atoms with E-state index in [4.69, 9.17) is 5.73 Å². The van der Waals surface area contributed by atoms with Gasteiger partial charge in [0.05, 0.1) is 18.1 Å². The van der Waals surface area contributed by atoms with Gasteiger partial charge in [-0.1, -0.05) is 145 Å². The minimum Gasteiger partial charge on any atom is -0.382 e. The van der Waals surface area contributed by atoms with Gasteiger partial charge in [-0.2, -0.15) is 0 Å². The van der Waals surface area contributed by atoms with Crippen LogP contribution >= 0.6 is 0 Å². The molecule has 5 rings (SSSR count). The molecule has 1 aliphatic heterocycles. The van der Waals surface area contributed by atoms with Gasteiger partial charge in [0.2, 0.25) is 17.7 Å². The van der Waals surface area contributed by atoms with Crippen LogP contribution in [0.5, 0.6) is 0 Å². The number of hydrogen-bond donors (Lipinski definition) is 6. The second-order valence-electron chi connectivity index (χ2n) is 18.7. The number of Topliss-reactive ketones (excluding diaryl/α,β-unsaturated/α-hetero) is 2. The maximum atomic E-state index is 14.1. The third-order valence-electron chi connectivity index (χ3n) is 12.9. The van der Waals surface area contributed by atoms with E-state index in [9.17, 15) is 33.9 Å². The summed E-state index contributed by atoms with van der Waals surface area (Å²) in [6.07, 6.45) is 5.99. The first kappa shape index (κ1) is 53.4. The summed E-state index contributed by atoms with van der Waals surface area (Å²) >= 11 is 0. The van der Waals surface area contributed by atoms with Crippen LogP contribution < -0.4 is 27.0 Å². The van der Waals surface area contributed by atoms with E-state index < -0.39 is 48.3 Å². The molecule has 7 N–H and O–H groups in total. The summed E-state index contributed by atoms with van der Waals surface area (Å²) in [5, 5.41) is 22.0. The minimum absolute atomic E-state index is 0.0270. The molecule has 13 heteroatoms. The Bertz CT molecular complexity index is 1950. The molecule has 7 atom stereocenters. The third kappa shape index (κ3) is 15.4. The monoisotopic (exact) mass is 909 g/mol. The number of hydrogen-bond acceptors (Lipinski definition) is 9. The lowest BCUT2D eigenvalue weighted by Crippen LogP contribution is -2.59. The molecular formula is C53H76N6O7. The summed E-state index contributed by atoms with van der Waals surface area (Å²) in [7, 11) is 1.72. The first-order chi connectivity index (χ1) is 31.6. The van der Waals surface area contributed by atoms with Crippen LogP contribution in [0.1, 0.15) is 122 Å². The summed E-state index contributed by atoms with van der Waals surface area (Å²) in [5.41, 5.74) is 8.80. The second-order valence-corrected chi connectivity index (χ2v) is 18.7. The smallest absolute Gasteiger partial charge is 0.251 e. The molecule has 2 fully saturated rings. The van der Waals surface area contributed by atoms with Gasteiger partial charge in [0, 0.05) is 30.8 Å². The van der Waals surface area contributed by atoms with Gasteiger partial charge in [-0.25, -0.2) is 0 Å². The van der Waals surface area contributed by atoms with Crippen LogP contribution in [-0.2, 0) is 35.2 Å². The fourth-order valence-corrected chi connectivity index (χ4v) is 9.03. The Morgan fingerprint density at radius 1 is 0.727 bits per heavy atom. The molecule has 66 heavy (non-hydrogen) atoms. The molecule has 2 aliphatic rings. The van der Waals surface area contributed by atoms with Crippen molar-refractivity contribution in [2.75, 3.05) is 13.6 Å². The predicted molar refractivity (Wildman–Crippen MR) is 259 cm³/mol. The molecule has 1 heterocycles. The molecule has 0 radical (unpaired) electrons. The highest BCUT2D eigenvalue weighted by molar-refractivity contribution is 5.96. The number of aliphatic hydroxyl groups excluding tert-OH is 1. The third-order valence-corrected chi connectivity index (χ3v) is 12.9. The Morgan fingerprint density at radius 3 is 1.80 bits per heavy atom. The fraction of sp³-hybridized carbons (Fsp3) is 0.547. The quantitative estimate of drug-likeness (QED) is 0.0786. The van der Waals surface area contributed by atoms with Crippen LogP contribution in [-0.4, -0.2) is 101 Å². The van der Waals surface area contributed by atoms with Crippen LogP contribution in [0, 0.1) is 17.8 Å². The molecule has 0 spiro atoms. The number of carbonyl (C=O) groups is 6. The van der Waals surface area contributed by atoms with Crippen LogP contribution in [0.15, 0.2) is 91.0 Å². The number of likely N-dealkylation sites (N-methyl/N-ethyl adjacent to an activating group) is 1. The van der Waals surface area contributed by atoms with Crippen molar-refractivity contribution in [3.05, 3.63) is 108 Å². The van der Waals surface area contributed by atoms with Crippen LogP contribution in [0.4, 0.5) is 0 Å². The van der Waals surface area contributed by atoms with Crippen molar-refractivity contribution >= 4 is 35.2 Å². The Kier molecular flexibility index (Phi) is 21.7. The zero-order valence-electron chi connectivity index (χ0n) is 40.2. The number of aliphatic hydroxyl groups is 1. The molecule has 0 aromatic heterocycles. The molecule has 1 saturated heterocycles.